The second-order valence-corrected chi connectivity index (χ2v) is 15.0. The number of nitrogens with one attached hydrogen (secondary N) is 5. The van der Waals surface area contributed by atoms with Crippen LogP contribution in [0.1, 0.15) is 85.1 Å². The Labute approximate surface area is 329 Å². The summed E-state index contributed by atoms with van der Waals surface area (Å²) in [7, 11) is 0. The number of urea groups is 1. The van der Waals surface area contributed by atoms with E-state index in [9.17, 15) is 33.6 Å². The third-order valence-corrected chi connectivity index (χ3v) is 8.53. The molecule has 0 radical (unpaired) electrons. The molecule has 2 rings (SSSR count). The van der Waals surface area contributed by atoms with Crippen molar-refractivity contribution in [2.75, 3.05) is 51.4 Å². The number of carbonyl (C=O) groups is 7. The first-order chi connectivity index (χ1) is 26.6. The highest BCUT2D eigenvalue weighted by molar-refractivity contribution is 6.12. The normalized spacial score (nSPS) is 13.6. The third kappa shape index (κ3) is 20.0. The standard InChI is InChI=1S/C39H61N7O10/c1-27(2)34(45-31(47)11-7-6-8-21-46-32(48)16-17-33(46)49)36(51)44-30(10-9-19-41-37(40)52)35(50)43-29-14-12-28(13-15-29)26-56-38(53)42-20-23-55-25-24-54-22-18-39(3,4)5/h12-17,27,30,34H,6-11,18-26H2,1-5H3,(H,42,53)(H,43,50)(H,44,51)(H,45,47)(H3,40,41,52)/t30-,34-/m1/s1. The Bertz CT molecular complexity index is 1460. The van der Waals surface area contributed by atoms with Gasteiger partial charge in [0.1, 0.15) is 18.7 Å². The fourth-order valence-corrected chi connectivity index (χ4v) is 5.25. The molecule has 312 valence electrons. The van der Waals surface area contributed by atoms with Crippen LogP contribution in [0.15, 0.2) is 36.4 Å². The van der Waals surface area contributed by atoms with Gasteiger partial charge in [-0.1, -0.05) is 53.2 Å². The van der Waals surface area contributed by atoms with Crippen LogP contribution in [-0.4, -0.2) is 105 Å². The van der Waals surface area contributed by atoms with Crippen molar-refractivity contribution in [2.24, 2.45) is 17.1 Å². The molecule has 1 aromatic carbocycles. The number of amides is 8. The molecule has 0 spiro atoms. The van der Waals surface area contributed by atoms with Gasteiger partial charge in [0.15, 0.2) is 0 Å². The molecule has 1 heterocycles. The van der Waals surface area contributed by atoms with E-state index < -0.39 is 36.0 Å². The second kappa shape index (κ2) is 25.2. The first-order valence-corrected chi connectivity index (χ1v) is 19.2. The summed E-state index contributed by atoms with van der Waals surface area (Å²) in [6.45, 7) is 12.6. The average molecular weight is 788 g/mol. The number of benzene rings is 1. The second-order valence-electron chi connectivity index (χ2n) is 15.0. The number of rotatable bonds is 26. The van der Waals surface area contributed by atoms with Crippen LogP contribution >= 0.6 is 0 Å². The Morgan fingerprint density at radius 2 is 1.45 bits per heavy atom. The van der Waals surface area contributed by atoms with Gasteiger partial charge in [-0.25, -0.2) is 9.59 Å². The number of anilines is 1. The monoisotopic (exact) mass is 787 g/mol. The molecule has 1 aromatic rings. The number of primary amides is 1. The summed E-state index contributed by atoms with van der Waals surface area (Å²) >= 11 is 0. The molecule has 17 heteroatoms. The maximum Gasteiger partial charge on any atom is 0.407 e. The van der Waals surface area contributed by atoms with Crippen LogP contribution in [0.5, 0.6) is 0 Å². The van der Waals surface area contributed by atoms with E-state index in [2.05, 4.69) is 47.4 Å². The Balaban J connectivity index is 1.82. The maximum absolute atomic E-state index is 13.4. The molecular formula is C39H61N7O10. The van der Waals surface area contributed by atoms with Crippen LogP contribution in [0.4, 0.5) is 15.3 Å². The minimum Gasteiger partial charge on any atom is -0.445 e. The molecule has 7 N–H and O–H groups in total. The van der Waals surface area contributed by atoms with Crippen molar-refractivity contribution >= 4 is 47.3 Å². The molecule has 1 aliphatic rings. The summed E-state index contributed by atoms with van der Waals surface area (Å²) in [5.74, 6) is -2.42. The first kappa shape index (κ1) is 47.1. The van der Waals surface area contributed by atoms with E-state index in [-0.39, 0.29) is 68.1 Å². The fraction of sp³-hybridized carbons (Fsp3) is 0.615. The Hall–Kier alpha value is -5.03. The predicted octanol–water partition coefficient (Wildman–Crippen LogP) is 2.88. The lowest BCUT2D eigenvalue weighted by Gasteiger charge is -2.25. The van der Waals surface area contributed by atoms with Crippen LogP contribution in [0.2, 0.25) is 0 Å². The van der Waals surface area contributed by atoms with Crippen LogP contribution in [0.3, 0.4) is 0 Å². The van der Waals surface area contributed by atoms with E-state index in [1.54, 1.807) is 38.1 Å². The Morgan fingerprint density at radius 1 is 0.786 bits per heavy atom. The number of imide groups is 1. The summed E-state index contributed by atoms with van der Waals surface area (Å²) in [5.41, 5.74) is 6.48. The number of alkyl carbamates (subject to hydrolysis) is 1. The lowest BCUT2D eigenvalue weighted by Crippen LogP contribution is -2.54. The molecule has 0 bridgehead atoms. The number of nitrogens with zero attached hydrogens (tertiary/aromatic N) is 1. The minimum atomic E-state index is -1.02. The third-order valence-electron chi connectivity index (χ3n) is 8.53. The smallest absolute Gasteiger partial charge is 0.407 e. The number of carbonyl (C=O) groups excluding carboxylic acids is 7. The van der Waals surface area contributed by atoms with Gasteiger partial charge in [-0.15, -0.1) is 0 Å². The molecular weight excluding hydrogens is 726 g/mol. The number of nitrogens with two attached hydrogens (primary N) is 1. The van der Waals surface area contributed by atoms with Gasteiger partial charge >= 0.3 is 12.1 Å². The number of hydrogen-bond acceptors (Lipinski definition) is 10. The van der Waals surface area contributed by atoms with Gasteiger partial charge in [0.2, 0.25) is 17.7 Å². The highest BCUT2D eigenvalue weighted by atomic mass is 16.5. The summed E-state index contributed by atoms with van der Waals surface area (Å²) < 4.78 is 16.3. The summed E-state index contributed by atoms with van der Waals surface area (Å²) in [4.78, 5) is 87.4. The molecule has 0 aromatic heterocycles. The molecule has 0 unspecified atom stereocenters. The summed E-state index contributed by atoms with van der Waals surface area (Å²) in [6, 6.07) is 3.97. The number of hydrogen-bond donors (Lipinski definition) is 6. The van der Waals surface area contributed by atoms with E-state index in [0.29, 0.717) is 63.4 Å². The van der Waals surface area contributed by atoms with Crippen LogP contribution < -0.4 is 32.3 Å². The van der Waals surface area contributed by atoms with Gasteiger partial charge in [0.05, 0.1) is 19.8 Å². The maximum atomic E-state index is 13.4. The molecule has 2 atom stereocenters. The number of unbranched alkanes of at least 4 members (excludes halogenated alkanes) is 2. The molecule has 0 saturated heterocycles. The van der Waals surface area contributed by atoms with Gasteiger partial charge in [0, 0.05) is 50.5 Å². The van der Waals surface area contributed by atoms with Gasteiger partial charge in [-0.2, -0.15) is 0 Å². The van der Waals surface area contributed by atoms with E-state index >= 15 is 0 Å². The van der Waals surface area contributed by atoms with Crippen molar-refractivity contribution in [3.05, 3.63) is 42.0 Å². The molecule has 1 aliphatic heterocycles. The van der Waals surface area contributed by atoms with Crippen molar-refractivity contribution in [3.8, 4) is 0 Å². The van der Waals surface area contributed by atoms with E-state index in [4.69, 9.17) is 19.9 Å². The summed E-state index contributed by atoms with van der Waals surface area (Å²) in [6.07, 6.45) is 5.05. The lowest BCUT2D eigenvalue weighted by molar-refractivity contribution is -0.137. The lowest BCUT2D eigenvalue weighted by atomic mass is 9.93. The minimum absolute atomic E-state index is 0.00523. The Kier molecular flexibility index (Phi) is 21.2. The van der Waals surface area contributed by atoms with Crippen LogP contribution in [0, 0.1) is 11.3 Å². The molecule has 8 amide bonds. The zero-order valence-corrected chi connectivity index (χ0v) is 33.4. The summed E-state index contributed by atoms with van der Waals surface area (Å²) in [5, 5.41) is 13.4. The zero-order chi connectivity index (χ0) is 41.5. The van der Waals surface area contributed by atoms with E-state index in [1.807, 2.05) is 0 Å². The van der Waals surface area contributed by atoms with Gasteiger partial charge < -0.3 is 46.5 Å². The average Bonchev–Trinajstić information content (AvgIpc) is 3.45. The van der Waals surface area contributed by atoms with E-state index in [1.165, 1.54) is 12.2 Å². The first-order valence-electron chi connectivity index (χ1n) is 19.2. The van der Waals surface area contributed by atoms with Crippen molar-refractivity contribution < 1.29 is 47.8 Å². The Morgan fingerprint density at radius 3 is 2.07 bits per heavy atom. The number of ether oxygens (including phenoxy) is 3. The molecule has 0 saturated carbocycles. The highest BCUT2D eigenvalue weighted by Crippen LogP contribution is 2.18. The van der Waals surface area contributed by atoms with Crippen molar-refractivity contribution in [1.82, 2.24) is 26.2 Å². The van der Waals surface area contributed by atoms with E-state index in [0.717, 1.165) is 11.3 Å². The van der Waals surface area contributed by atoms with Crippen LogP contribution in [-0.2, 0) is 44.8 Å². The predicted molar refractivity (Wildman–Crippen MR) is 209 cm³/mol. The highest BCUT2D eigenvalue weighted by Gasteiger charge is 2.29. The fourth-order valence-electron chi connectivity index (χ4n) is 5.25. The van der Waals surface area contributed by atoms with Crippen molar-refractivity contribution in [3.63, 3.8) is 0 Å². The van der Waals surface area contributed by atoms with Gasteiger partial charge in [0.25, 0.3) is 11.8 Å². The molecule has 0 fully saturated rings. The molecule has 17 nitrogen and oxygen atoms in total. The topological polar surface area (TPSA) is 237 Å². The quantitative estimate of drug-likeness (QED) is 0.0593. The SMILES string of the molecule is CC(C)[C@@H](NC(=O)CCCCCN1C(=O)C=CC1=O)C(=O)N[C@H](CCCNC(N)=O)C(=O)Nc1ccc(COC(=O)NCCOCCOCCC(C)(C)C)cc1. The van der Waals surface area contributed by atoms with Crippen molar-refractivity contribution in [1.29, 1.82) is 0 Å². The molecule has 0 aliphatic carbocycles. The van der Waals surface area contributed by atoms with Gasteiger partial charge in [-0.3, -0.25) is 28.9 Å². The van der Waals surface area contributed by atoms with Crippen LogP contribution in [0.25, 0.3) is 0 Å². The zero-order valence-electron chi connectivity index (χ0n) is 33.4. The van der Waals surface area contributed by atoms with Crippen molar-refractivity contribution in [2.45, 2.75) is 98.3 Å². The molecule has 56 heavy (non-hydrogen) atoms. The largest absolute Gasteiger partial charge is 0.445 e. The van der Waals surface area contributed by atoms with Gasteiger partial charge in [-0.05, 0) is 61.1 Å².